The average molecular weight is 173 g/mol. The SMILES string of the molecule is CC(C)=C[C@H]1[C@@H](O)C(=O)N1P. The third-order valence-corrected chi connectivity index (χ3v) is 2.26. The predicted octanol–water partition coefficient (Wildman–Crippen LogP) is 0.314. The van der Waals surface area contributed by atoms with Crippen molar-refractivity contribution in [3.63, 3.8) is 0 Å². The number of amides is 1. The van der Waals surface area contributed by atoms with Gasteiger partial charge >= 0.3 is 0 Å². The lowest BCUT2D eigenvalue weighted by Gasteiger charge is -2.39. The van der Waals surface area contributed by atoms with Crippen LogP contribution in [0.1, 0.15) is 13.8 Å². The maximum Gasteiger partial charge on any atom is 0.257 e. The van der Waals surface area contributed by atoms with Crippen molar-refractivity contribution in [2.45, 2.75) is 26.0 Å². The second kappa shape index (κ2) is 2.92. The standard InChI is InChI=1S/C7H12NO2P/c1-4(2)3-5-6(9)7(10)8(5)11/h3,5-6,9H,11H2,1-2H3/t5-,6+/m0/s1. The molecule has 1 fully saturated rings. The van der Waals surface area contributed by atoms with Crippen LogP contribution in [0.15, 0.2) is 11.6 Å². The number of allylic oxidation sites excluding steroid dienone is 1. The number of carbonyl (C=O) groups is 1. The zero-order chi connectivity index (χ0) is 8.59. The molecule has 1 rings (SSSR count). The number of hydrogen-bond donors (Lipinski definition) is 1. The van der Waals surface area contributed by atoms with E-state index in [0.29, 0.717) is 0 Å². The summed E-state index contributed by atoms with van der Waals surface area (Å²) in [6.07, 6.45) is 1.04. The van der Waals surface area contributed by atoms with Gasteiger partial charge in [-0.1, -0.05) is 11.6 Å². The highest BCUT2D eigenvalue weighted by Gasteiger charge is 2.42. The number of aliphatic hydroxyl groups is 1. The summed E-state index contributed by atoms with van der Waals surface area (Å²) in [4.78, 5) is 10.8. The lowest BCUT2D eigenvalue weighted by Crippen LogP contribution is -2.58. The van der Waals surface area contributed by atoms with E-state index in [1.165, 1.54) is 4.67 Å². The molecular formula is C7H12NO2P. The Kier molecular flexibility index (Phi) is 2.31. The van der Waals surface area contributed by atoms with E-state index in [1.807, 2.05) is 19.9 Å². The molecule has 1 N–H and O–H groups in total. The smallest absolute Gasteiger partial charge is 0.257 e. The fourth-order valence-electron chi connectivity index (χ4n) is 1.03. The van der Waals surface area contributed by atoms with Crippen LogP contribution in [0, 0.1) is 0 Å². The first kappa shape index (κ1) is 8.69. The molecule has 1 aliphatic heterocycles. The van der Waals surface area contributed by atoms with Gasteiger partial charge in [0.1, 0.15) is 0 Å². The summed E-state index contributed by atoms with van der Waals surface area (Å²) in [7, 11) is 2.29. The number of carbonyl (C=O) groups excluding carboxylic acids is 1. The molecule has 1 unspecified atom stereocenters. The highest BCUT2D eigenvalue weighted by Crippen LogP contribution is 2.25. The minimum atomic E-state index is -0.831. The van der Waals surface area contributed by atoms with Gasteiger partial charge in [0.15, 0.2) is 6.10 Å². The second-order valence-electron chi connectivity index (χ2n) is 2.92. The first-order chi connectivity index (χ1) is 5.04. The summed E-state index contributed by atoms with van der Waals surface area (Å²) in [6.45, 7) is 3.88. The predicted molar refractivity (Wildman–Crippen MR) is 45.8 cm³/mol. The molecule has 4 heteroatoms. The number of rotatable bonds is 1. The van der Waals surface area contributed by atoms with E-state index in [4.69, 9.17) is 5.11 Å². The topological polar surface area (TPSA) is 40.5 Å². The average Bonchev–Trinajstić information content (AvgIpc) is 1.98. The fraction of sp³-hybridized carbons (Fsp3) is 0.571. The van der Waals surface area contributed by atoms with E-state index < -0.39 is 6.10 Å². The van der Waals surface area contributed by atoms with E-state index in [0.717, 1.165) is 5.57 Å². The summed E-state index contributed by atoms with van der Waals surface area (Å²) in [6, 6.07) is -0.141. The Morgan fingerprint density at radius 3 is 2.64 bits per heavy atom. The number of aliphatic hydroxyl groups excluding tert-OH is 1. The lowest BCUT2D eigenvalue weighted by atomic mass is 10.0. The van der Waals surface area contributed by atoms with Crippen LogP contribution < -0.4 is 0 Å². The summed E-state index contributed by atoms with van der Waals surface area (Å²) < 4.78 is 1.46. The van der Waals surface area contributed by atoms with Crippen molar-refractivity contribution >= 4 is 15.3 Å². The van der Waals surface area contributed by atoms with Crippen LogP contribution in [-0.2, 0) is 4.79 Å². The van der Waals surface area contributed by atoms with Gasteiger partial charge in [0.25, 0.3) is 5.91 Å². The van der Waals surface area contributed by atoms with E-state index in [1.54, 1.807) is 0 Å². The molecule has 0 saturated carbocycles. The third kappa shape index (κ3) is 1.44. The van der Waals surface area contributed by atoms with Gasteiger partial charge in [-0.3, -0.25) is 4.79 Å². The quantitative estimate of drug-likeness (QED) is 0.352. The molecule has 0 aliphatic carbocycles. The molecule has 0 aromatic carbocycles. The highest BCUT2D eigenvalue weighted by atomic mass is 31.0. The number of hydrogen-bond acceptors (Lipinski definition) is 2. The van der Waals surface area contributed by atoms with Gasteiger partial charge in [0, 0.05) is 0 Å². The van der Waals surface area contributed by atoms with Crippen LogP contribution >= 0.6 is 9.39 Å². The second-order valence-corrected chi connectivity index (χ2v) is 3.48. The zero-order valence-electron chi connectivity index (χ0n) is 6.61. The molecule has 11 heavy (non-hydrogen) atoms. The zero-order valence-corrected chi connectivity index (χ0v) is 7.77. The maximum atomic E-state index is 10.8. The van der Waals surface area contributed by atoms with Crippen molar-refractivity contribution in [3.05, 3.63) is 11.6 Å². The Labute approximate surface area is 68.3 Å². The minimum absolute atomic E-state index is 0.141. The monoisotopic (exact) mass is 173 g/mol. The Hall–Kier alpha value is -0.400. The molecule has 1 saturated heterocycles. The molecule has 3 atom stereocenters. The Morgan fingerprint density at radius 1 is 1.73 bits per heavy atom. The van der Waals surface area contributed by atoms with Crippen molar-refractivity contribution in [1.82, 2.24) is 4.67 Å². The van der Waals surface area contributed by atoms with Crippen LogP contribution in [-0.4, -0.2) is 27.8 Å². The number of β-lactam (4-membered cyclic amide) rings is 1. The largest absolute Gasteiger partial charge is 0.381 e. The normalized spacial score (nSPS) is 29.8. The van der Waals surface area contributed by atoms with Crippen molar-refractivity contribution in [1.29, 1.82) is 0 Å². The first-order valence-electron chi connectivity index (χ1n) is 3.45. The van der Waals surface area contributed by atoms with Crippen molar-refractivity contribution in [3.8, 4) is 0 Å². The van der Waals surface area contributed by atoms with Gasteiger partial charge < -0.3 is 9.78 Å². The summed E-state index contributed by atoms with van der Waals surface area (Å²) in [5.74, 6) is -0.225. The van der Waals surface area contributed by atoms with Crippen molar-refractivity contribution in [2.24, 2.45) is 0 Å². The summed E-state index contributed by atoms with van der Waals surface area (Å²) >= 11 is 0. The Morgan fingerprint density at radius 2 is 2.27 bits per heavy atom. The molecular weight excluding hydrogens is 161 g/mol. The minimum Gasteiger partial charge on any atom is -0.381 e. The molecule has 0 radical (unpaired) electrons. The van der Waals surface area contributed by atoms with Crippen LogP contribution in [0.3, 0.4) is 0 Å². The van der Waals surface area contributed by atoms with E-state index >= 15 is 0 Å². The molecule has 62 valence electrons. The fourth-order valence-corrected chi connectivity index (χ4v) is 1.43. The highest BCUT2D eigenvalue weighted by molar-refractivity contribution is 7.15. The van der Waals surface area contributed by atoms with E-state index in [2.05, 4.69) is 9.39 Å². The summed E-state index contributed by atoms with van der Waals surface area (Å²) in [5.41, 5.74) is 1.11. The lowest BCUT2D eigenvalue weighted by molar-refractivity contribution is -0.151. The van der Waals surface area contributed by atoms with Crippen LogP contribution in [0.4, 0.5) is 0 Å². The van der Waals surface area contributed by atoms with Gasteiger partial charge in [-0.05, 0) is 23.2 Å². The van der Waals surface area contributed by atoms with Gasteiger partial charge in [-0.2, -0.15) is 0 Å². The van der Waals surface area contributed by atoms with E-state index in [9.17, 15) is 4.79 Å². The van der Waals surface area contributed by atoms with Gasteiger partial charge in [-0.15, -0.1) is 0 Å². The van der Waals surface area contributed by atoms with Crippen LogP contribution in [0.5, 0.6) is 0 Å². The molecule has 0 bridgehead atoms. The molecule has 3 nitrogen and oxygen atoms in total. The molecule has 1 amide bonds. The molecule has 1 aliphatic rings. The van der Waals surface area contributed by atoms with Gasteiger partial charge in [0.05, 0.1) is 6.04 Å². The third-order valence-electron chi connectivity index (χ3n) is 1.66. The maximum absolute atomic E-state index is 10.8. The molecule has 0 aromatic rings. The van der Waals surface area contributed by atoms with Crippen LogP contribution in [0.2, 0.25) is 0 Å². The van der Waals surface area contributed by atoms with Gasteiger partial charge in [0.2, 0.25) is 0 Å². The summed E-state index contributed by atoms with van der Waals surface area (Å²) in [5, 5.41) is 9.15. The van der Waals surface area contributed by atoms with Crippen molar-refractivity contribution in [2.75, 3.05) is 0 Å². The van der Waals surface area contributed by atoms with E-state index in [-0.39, 0.29) is 11.9 Å². The Balaban J connectivity index is 2.63. The van der Waals surface area contributed by atoms with Crippen LogP contribution in [0.25, 0.3) is 0 Å². The molecule has 0 aromatic heterocycles. The first-order valence-corrected chi connectivity index (χ1v) is 3.96. The molecule has 1 heterocycles. The van der Waals surface area contributed by atoms with Gasteiger partial charge in [-0.25, -0.2) is 0 Å². The number of nitrogens with zero attached hydrogens (tertiary/aromatic N) is 1. The Bertz CT molecular complexity index is 198. The van der Waals surface area contributed by atoms with Crippen molar-refractivity contribution < 1.29 is 9.90 Å². The molecule has 0 spiro atoms.